The highest BCUT2D eigenvalue weighted by Crippen LogP contribution is 2.67. The lowest BCUT2D eigenvalue weighted by atomic mass is 9.49. The van der Waals surface area contributed by atoms with Gasteiger partial charge in [0.25, 0.3) is 0 Å². The van der Waals surface area contributed by atoms with Crippen molar-refractivity contribution >= 4 is 0 Å². The molecule has 0 heterocycles. The van der Waals surface area contributed by atoms with E-state index in [4.69, 9.17) is 18.9 Å². The summed E-state index contributed by atoms with van der Waals surface area (Å²) >= 11 is 0. The number of fused-ring (bicyclic) bond motifs is 8. The first kappa shape index (κ1) is 40.0. The normalized spacial score (nSPS) is 18.6. The average molecular weight is 797 g/mol. The molecule has 6 aromatic rings. The molecule has 4 nitrogen and oxygen atoms in total. The van der Waals surface area contributed by atoms with Gasteiger partial charge in [-0.1, -0.05) is 149 Å². The third kappa shape index (κ3) is 7.70. The number of benzene rings is 6. The topological polar surface area (TPSA) is 36.9 Å². The van der Waals surface area contributed by atoms with Crippen molar-refractivity contribution in [3.8, 4) is 23.0 Å². The summed E-state index contributed by atoms with van der Waals surface area (Å²) in [5.41, 5.74) is 15.2. The lowest BCUT2D eigenvalue weighted by Gasteiger charge is -2.54. The Balaban J connectivity index is 1.41. The first-order valence-corrected chi connectivity index (χ1v) is 22.7. The molecule has 1 fully saturated rings. The van der Waals surface area contributed by atoms with E-state index in [0.29, 0.717) is 52.1 Å². The molecular formula is C56H60O4. The van der Waals surface area contributed by atoms with E-state index < -0.39 is 0 Å². The van der Waals surface area contributed by atoms with Gasteiger partial charge in [-0.25, -0.2) is 0 Å². The van der Waals surface area contributed by atoms with Gasteiger partial charge in [0, 0.05) is 25.7 Å². The molecule has 0 spiro atoms. The van der Waals surface area contributed by atoms with Gasteiger partial charge in [-0.3, -0.25) is 0 Å². The molecule has 6 aromatic carbocycles. The van der Waals surface area contributed by atoms with E-state index in [2.05, 4.69) is 149 Å². The molecule has 4 atom stereocenters. The van der Waals surface area contributed by atoms with Gasteiger partial charge in [-0.2, -0.15) is 0 Å². The van der Waals surface area contributed by atoms with Gasteiger partial charge >= 0.3 is 0 Å². The number of para-hydroxylation sites is 2. The monoisotopic (exact) mass is 796 g/mol. The second-order valence-corrected chi connectivity index (χ2v) is 17.2. The van der Waals surface area contributed by atoms with Crippen molar-refractivity contribution in [1.82, 2.24) is 0 Å². The molecule has 4 unspecified atom stereocenters. The standard InChI is InChI=1S/C56H60O4/c1-5-25-57-53-39-21-15-22-40(53)30-46-34-44-36-48(56(46)60-28-8-4)32-42-24-16-23-41(54(42)58-26-6-2)31-47-35-43(33-45(29-39)55(47)59-27-7-3)51-49(37-17-11-9-12-18-37)50(52(44)51)38-19-13-10-14-20-38/h9-24,33-36,49-52H,5-8,25-32H2,1-4H3. The van der Waals surface area contributed by atoms with Crippen molar-refractivity contribution < 1.29 is 18.9 Å². The van der Waals surface area contributed by atoms with Crippen LogP contribution in [0.2, 0.25) is 0 Å². The fraction of sp³-hybridized carbons (Fsp3) is 0.357. The highest BCUT2D eigenvalue weighted by molar-refractivity contribution is 5.61. The maximum absolute atomic E-state index is 6.95. The second kappa shape index (κ2) is 18.0. The van der Waals surface area contributed by atoms with Crippen LogP contribution in [0.25, 0.3) is 0 Å². The zero-order valence-corrected chi connectivity index (χ0v) is 36.0. The van der Waals surface area contributed by atoms with Crippen LogP contribution < -0.4 is 18.9 Å². The van der Waals surface area contributed by atoms with E-state index in [0.717, 1.165) is 48.7 Å². The number of ether oxygens (including phenoxy) is 4. The molecule has 0 radical (unpaired) electrons. The molecule has 0 N–H and O–H groups in total. The van der Waals surface area contributed by atoms with Crippen LogP contribution in [0.5, 0.6) is 23.0 Å². The van der Waals surface area contributed by atoms with Crippen molar-refractivity contribution in [1.29, 1.82) is 0 Å². The maximum Gasteiger partial charge on any atom is 0.126 e. The Morgan fingerprint density at radius 3 is 0.867 bits per heavy atom. The van der Waals surface area contributed by atoms with Crippen LogP contribution in [0.1, 0.15) is 144 Å². The van der Waals surface area contributed by atoms with Gasteiger partial charge in [0.05, 0.1) is 26.4 Å². The Morgan fingerprint density at radius 1 is 0.317 bits per heavy atom. The van der Waals surface area contributed by atoms with Gasteiger partial charge < -0.3 is 18.9 Å². The predicted octanol–water partition coefficient (Wildman–Crippen LogP) is 13.3. The Hall–Kier alpha value is -5.48. The molecule has 0 amide bonds. The van der Waals surface area contributed by atoms with E-state index in [1.165, 1.54) is 66.8 Å². The molecule has 60 heavy (non-hydrogen) atoms. The molecule has 1 saturated carbocycles. The summed E-state index contributed by atoms with van der Waals surface area (Å²) in [4.78, 5) is 0. The lowest BCUT2D eigenvalue weighted by Crippen LogP contribution is -2.40. The number of rotatable bonds is 14. The van der Waals surface area contributed by atoms with Gasteiger partial charge in [-0.15, -0.1) is 0 Å². The Labute approximate surface area is 357 Å². The lowest BCUT2D eigenvalue weighted by molar-refractivity contribution is 0.228. The van der Waals surface area contributed by atoms with Gasteiger partial charge in [0.2, 0.25) is 0 Å². The third-order valence-electron chi connectivity index (χ3n) is 12.9. The average Bonchev–Trinajstić information content (AvgIpc) is 3.25. The highest BCUT2D eigenvalue weighted by Gasteiger charge is 2.53. The molecule has 3 aliphatic carbocycles. The Morgan fingerprint density at radius 2 is 0.583 bits per heavy atom. The summed E-state index contributed by atoms with van der Waals surface area (Å²) in [5.74, 6) is 5.00. The van der Waals surface area contributed by atoms with Crippen LogP contribution in [-0.4, -0.2) is 26.4 Å². The summed E-state index contributed by atoms with van der Waals surface area (Å²) < 4.78 is 27.5. The Bertz CT molecular complexity index is 2160. The van der Waals surface area contributed by atoms with E-state index in [1.807, 2.05) is 0 Å². The summed E-state index contributed by atoms with van der Waals surface area (Å²) in [6.45, 7) is 11.4. The van der Waals surface area contributed by atoms with E-state index in [-0.39, 0.29) is 23.7 Å². The minimum absolute atomic E-state index is 0.220. The number of hydrogen-bond donors (Lipinski definition) is 0. The minimum atomic E-state index is 0.220. The molecule has 308 valence electrons. The first-order valence-electron chi connectivity index (χ1n) is 22.7. The molecule has 0 aliphatic heterocycles. The van der Waals surface area contributed by atoms with Crippen LogP contribution >= 0.6 is 0 Å². The van der Waals surface area contributed by atoms with Crippen molar-refractivity contribution in [2.75, 3.05) is 26.4 Å². The van der Waals surface area contributed by atoms with Crippen LogP contribution in [0.3, 0.4) is 0 Å². The zero-order valence-electron chi connectivity index (χ0n) is 36.0. The van der Waals surface area contributed by atoms with Crippen LogP contribution in [0, 0.1) is 0 Å². The largest absolute Gasteiger partial charge is 0.493 e. The van der Waals surface area contributed by atoms with E-state index in [9.17, 15) is 0 Å². The van der Waals surface area contributed by atoms with Gasteiger partial charge in [0.15, 0.2) is 0 Å². The van der Waals surface area contributed by atoms with Crippen LogP contribution in [-0.2, 0) is 25.7 Å². The molecule has 0 saturated heterocycles. The van der Waals surface area contributed by atoms with Crippen molar-refractivity contribution in [3.63, 3.8) is 0 Å². The van der Waals surface area contributed by atoms with E-state index in [1.54, 1.807) is 0 Å². The van der Waals surface area contributed by atoms with Crippen LogP contribution in [0.15, 0.2) is 121 Å². The van der Waals surface area contributed by atoms with Crippen molar-refractivity contribution in [2.24, 2.45) is 0 Å². The molecular weight excluding hydrogens is 737 g/mol. The summed E-state index contributed by atoms with van der Waals surface area (Å²) in [7, 11) is 0. The third-order valence-corrected chi connectivity index (χ3v) is 12.9. The second-order valence-electron chi connectivity index (χ2n) is 17.2. The smallest absolute Gasteiger partial charge is 0.126 e. The first-order chi connectivity index (χ1) is 29.6. The SMILES string of the molecule is CCCOc1c2cccc1Cc1cc3cc(c1OCCC)Cc1cccc(c1OCCC)Cc1cc(cc(c1OCCC)C2)C1C(c2ccccc2)C(c2ccccc2)C31. The molecule has 4 heteroatoms. The molecule has 3 aliphatic rings. The van der Waals surface area contributed by atoms with Crippen LogP contribution in [0.4, 0.5) is 0 Å². The predicted molar refractivity (Wildman–Crippen MR) is 244 cm³/mol. The molecule has 9 rings (SSSR count). The van der Waals surface area contributed by atoms with Crippen molar-refractivity contribution in [2.45, 2.75) is 103 Å². The van der Waals surface area contributed by atoms with Gasteiger partial charge in [0.1, 0.15) is 23.0 Å². The highest BCUT2D eigenvalue weighted by atomic mass is 16.5. The fourth-order valence-electron chi connectivity index (χ4n) is 10.4. The maximum atomic E-state index is 6.95. The molecule has 10 bridgehead atoms. The summed E-state index contributed by atoms with van der Waals surface area (Å²) in [6, 6.07) is 46.2. The minimum Gasteiger partial charge on any atom is -0.493 e. The Kier molecular flexibility index (Phi) is 12.0. The van der Waals surface area contributed by atoms with Gasteiger partial charge in [-0.05, 0) is 116 Å². The van der Waals surface area contributed by atoms with E-state index >= 15 is 0 Å². The van der Waals surface area contributed by atoms with Crippen molar-refractivity contribution in [3.05, 3.63) is 188 Å². The quantitative estimate of drug-likeness (QED) is 0.110. The fourth-order valence-corrected chi connectivity index (χ4v) is 10.4. The molecule has 0 aromatic heterocycles. The number of hydrogen-bond acceptors (Lipinski definition) is 4. The zero-order chi connectivity index (χ0) is 41.0. The summed E-state index contributed by atoms with van der Waals surface area (Å²) in [5, 5.41) is 0. The summed E-state index contributed by atoms with van der Waals surface area (Å²) in [6.07, 6.45) is 6.59.